The molecule has 0 aliphatic carbocycles. The summed E-state index contributed by atoms with van der Waals surface area (Å²) in [6.45, 7) is 0.901. The molecule has 1 heterocycles. The van der Waals surface area contributed by atoms with Crippen LogP contribution < -0.4 is 9.47 Å². The molecule has 0 atom stereocenters. The smallest absolute Gasteiger partial charge is 0.336 e. The van der Waals surface area contributed by atoms with Crippen LogP contribution in [0.3, 0.4) is 0 Å². The van der Waals surface area contributed by atoms with Crippen LogP contribution in [-0.4, -0.2) is 30.1 Å². The molecular weight excluding hydrogens is 272 g/mol. The third-order valence-corrected chi connectivity index (χ3v) is 3.21. The summed E-state index contributed by atoms with van der Waals surface area (Å²) in [6, 6.07) is 11.0. The molecule has 0 saturated heterocycles. The van der Waals surface area contributed by atoms with Crippen molar-refractivity contribution in [1.82, 2.24) is 0 Å². The molecule has 1 N–H and O–H groups in total. The SMILES string of the molecule is O=C(O)c1ccccc1C(=O)c1ccc2c(c1)OCCO2. The summed E-state index contributed by atoms with van der Waals surface area (Å²) in [4.78, 5) is 23.7. The summed E-state index contributed by atoms with van der Waals surface area (Å²) in [6.07, 6.45) is 0. The van der Waals surface area contributed by atoms with E-state index in [2.05, 4.69) is 0 Å². The predicted octanol–water partition coefficient (Wildman–Crippen LogP) is 2.39. The quantitative estimate of drug-likeness (QED) is 0.876. The van der Waals surface area contributed by atoms with E-state index >= 15 is 0 Å². The first kappa shape index (κ1) is 13.2. The fourth-order valence-corrected chi connectivity index (χ4v) is 2.21. The van der Waals surface area contributed by atoms with Gasteiger partial charge in [0.25, 0.3) is 0 Å². The molecule has 3 rings (SSSR count). The molecule has 0 bridgehead atoms. The number of carbonyl (C=O) groups excluding carboxylic acids is 1. The standard InChI is InChI=1S/C16H12O5/c17-15(11-3-1-2-4-12(11)16(18)19)10-5-6-13-14(9-10)21-8-7-20-13/h1-6,9H,7-8H2,(H,18,19). The summed E-state index contributed by atoms with van der Waals surface area (Å²) in [5, 5.41) is 9.16. The number of ketones is 1. The average Bonchev–Trinajstić information content (AvgIpc) is 2.53. The molecule has 0 spiro atoms. The molecule has 1 aliphatic heterocycles. The van der Waals surface area contributed by atoms with E-state index < -0.39 is 5.97 Å². The van der Waals surface area contributed by atoms with E-state index in [1.807, 2.05) is 0 Å². The first-order valence-corrected chi connectivity index (χ1v) is 6.43. The van der Waals surface area contributed by atoms with E-state index in [0.29, 0.717) is 30.3 Å². The fourth-order valence-electron chi connectivity index (χ4n) is 2.21. The van der Waals surface area contributed by atoms with Gasteiger partial charge >= 0.3 is 5.97 Å². The van der Waals surface area contributed by atoms with Crippen LogP contribution >= 0.6 is 0 Å². The van der Waals surface area contributed by atoms with E-state index in [0.717, 1.165) is 0 Å². The Labute approximate surface area is 120 Å². The number of benzene rings is 2. The molecule has 5 nitrogen and oxygen atoms in total. The van der Waals surface area contributed by atoms with E-state index in [4.69, 9.17) is 14.6 Å². The lowest BCUT2D eigenvalue weighted by Crippen LogP contribution is -2.16. The van der Waals surface area contributed by atoms with Crippen LogP contribution in [0.25, 0.3) is 0 Å². The van der Waals surface area contributed by atoms with Gasteiger partial charge < -0.3 is 14.6 Å². The van der Waals surface area contributed by atoms with Crippen molar-refractivity contribution in [2.45, 2.75) is 0 Å². The molecule has 0 aromatic heterocycles. The number of fused-ring (bicyclic) bond motifs is 1. The third-order valence-electron chi connectivity index (χ3n) is 3.21. The average molecular weight is 284 g/mol. The number of carboxylic acids is 1. The van der Waals surface area contributed by atoms with Gasteiger partial charge in [-0.2, -0.15) is 0 Å². The summed E-state index contributed by atoms with van der Waals surface area (Å²) in [5.41, 5.74) is 0.506. The highest BCUT2D eigenvalue weighted by molar-refractivity contribution is 6.14. The molecule has 2 aromatic rings. The van der Waals surface area contributed by atoms with Crippen molar-refractivity contribution >= 4 is 11.8 Å². The van der Waals surface area contributed by atoms with E-state index in [1.54, 1.807) is 30.3 Å². The van der Waals surface area contributed by atoms with Gasteiger partial charge in [0.1, 0.15) is 13.2 Å². The second-order valence-corrected chi connectivity index (χ2v) is 4.54. The highest BCUT2D eigenvalue weighted by Crippen LogP contribution is 2.31. The van der Waals surface area contributed by atoms with Gasteiger partial charge in [0, 0.05) is 11.1 Å². The van der Waals surface area contributed by atoms with Crippen molar-refractivity contribution in [3.8, 4) is 11.5 Å². The van der Waals surface area contributed by atoms with Crippen molar-refractivity contribution < 1.29 is 24.2 Å². The zero-order valence-electron chi connectivity index (χ0n) is 11.0. The van der Waals surface area contributed by atoms with Crippen LogP contribution in [0.15, 0.2) is 42.5 Å². The van der Waals surface area contributed by atoms with Crippen LogP contribution in [-0.2, 0) is 0 Å². The number of rotatable bonds is 3. The molecule has 2 aromatic carbocycles. The molecule has 0 saturated carbocycles. The Hall–Kier alpha value is -2.82. The van der Waals surface area contributed by atoms with Gasteiger partial charge in [0.2, 0.25) is 0 Å². The lowest BCUT2D eigenvalue weighted by molar-refractivity contribution is 0.0693. The highest BCUT2D eigenvalue weighted by Gasteiger charge is 2.20. The van der Waals surface area contributed by atoms with Crippen LogP contribution in [0, 0.1) is 0 Å². The first-order chi connectivity index (χ1) is 10.2. The normalized spacial score (nSPS) is 12.8. The molecule has 0 unspecified atom stereocenters. The molecule has 21 heavy (non-hydrogen) atoms. The number of ether oxygens (including phenoxy) is 2. The first-order valence-electron chi connectivity index (χ1n) is 6.43. The minimum Gasteiger partial charge on any atom is -0.486 e. The Morgan fingerprint density at radius 1 is 0.905 bits per heavy atom. The Morgan fingerprint density at radius 2 is 1.57 bits per heavy atom. The van der Waals surface area contributed by atoms with Gasteiger partial charge in [-0.1, -0.05) is 18.2 Å². The largest absolute Gasteiger partial charge is 0.486 e. The number of carbonyl (C=O) groups is 2. The fraction of sp³-hybridized carbons (Fsp3) is 0.125. The van der Waals surface area contributed by atoms with Gasteiger partial charge in [-0.05, 0) is 24.3 Å². The third kappa shape index (κ3) is 2.45. The monoisotopic (exact) mass is 284 g/mol. The van der Waals surface area contributed by atoms with Gasteiger partial charge in [0.15, 0.2) is 17.3 Å². The minimum atomic E-state index is -1.13. The summed E-state index contributed by atoms with van der Waals surface area (Å²) < 4.78 is 10.8. The van der Waals surface area contributed by atoms with Gasteiger partial charge in [-0.3, -0.25) is 4.79 Å². The minimum absolute atomic E-state index is 0.0163. The molecule has 1 aliphatic rings. The van der Waals surface area contributed by atoms with Crippen LogP contribution in [0.1, 0.15) is 26.3 Å². The van der Waals surface area contributed by atoms with E-state index in [9.17, 15) is 9.59 Å². The summed E-state index contributed by atoms with van der Waals surface area (Å²) in [5.74, 6) is -0.398. The van der Waals surface area contributed by atoms with Gasteiger partial charge in [-0.25, -0.2) is 4.79 Å². The van der Waals surface area contributed by atoms with Crippen LogP contribution in [0.5, 0.6) is 11.5 Å². The van der Waals surface area contributed by atoms with Crippen molar-refractivity contribution in [3.05, 3.63) is 59.2 Å². The second kappa shape index (κ2) is 5.28. The lowest BCUT2D eigenvalue weighted by atomic mass is 9.98. The summed E-state index contributed by atoms with van der Waals surface area (Å²) >= 11 is 0. The van der Waals surface area contributed by atoms with Crippen LogP contribution in [0.2, 0.25) is 0 Å². The zero-order chi connectivity index (χ0) is 14.8. The summed E-state index contributed by atoms with van der Waals surface area (Å²) in [7, 11) is 0. The van der Waals surface area contributed by atoms with Crippen molar-refractivity contribution in [1.29, 1.82) is 0 Å². The zero-order valence-corrected chi connectivity index (χ0v) is 11.0. The number of carboxylic acid groups (broad SMARTS) is 1. The lowest BCUT2D eigenvalue weighted by Gasteiger charge is -2.18. The molecule has 5 heteroatoms. The molecular formula is C16H12O5. The second-order valence-electron chi connectivity index (χ2n) is 4.54. The van der Waals surface area contributed by atoms with Crippen molar-refractivity contribution in [2.24, 2.45) is 0 Å². The predicted molar refractivity (Wildman–Crippen MR) is 74.3 cm³/mol. The van der Waals surface area contributed by atoms with Gasteiger partial charge in [-0.15, -0.1) is 0 Å². The molecule has 106 valence electrons. The van der Waals surface area contributed by atoms with Crippen LogP contribution in [0.4, 0.5) is 0 Å². The molecule has 0 radical (unpaired) electrons. The van der Waals surface area contributed by atoms with Crippen molar-refractivity contribution in [2.75, 3.05) is 13.2 Å². The maximum Gasteiger partial charge on any atom is 0.336 e. The van der Waals surface area contributed by atoms with E-state index in [1.165, 1.54) is 12.1 Å². The topological polar surface area (TPSA) is 72.8 Å². The van der Waals surface area contributed by atoms with Crippen molar-refractivity contribution in [3.63, 3.8) is 0 Å². The highest BCUT2D eigenvalue weighted by atomic mass is 16.6. The Balaban J connectivity index is 2.01. The number of aromatic carboxylic acids is 1. The maximum absolute atomic E-state index is 12.5. The maximum atomic E-state index is 12.5. The number of hydrogen-bond donors (Lipinski definition) is 1. The number of hydrogen-bond acceptors (Lipinski definition) is 4. The van der Waals surface area contributed by atoms with E-state index in [-0.39, 0.29) is 16.9 Å². The van der Waals surface area contributed by atoms with Gasteiger partial charge in [0.05, 0.1) is 5.56 Å². The Kier molecular flexibility index (Phi) is 3.31. The molecule has 0 amide bonds. The Morgan fingerprint density at radius 3 is 2.29 bits per heavy atom. The molecule has 0 fully saturated rings. The Bertz CT molecular complexity index is 720.